The zero-order chi connectivity index (χ0) is 34.2. The van der Waals surface area contributed by atoms with E-state index in [-0.39, 0.29) is 0 Å². The fourth-order valence-corrected chi connectivity index (χ4v) is 8.38. The van der Waals surface area contributed by atoms with Gasteiger partial charge in [-0.3, -0.25) is 0 Å². The van der Waals surface area contributed by atoms with Crippen LogP contribution in [0.15, 0.2) is 182 Å². The lowest BCUT2D eigenvalue weighted by Crippen LogP contribution is -1.92. The minimum Gasteiger partial charge on any atom is -0.245 e. The largest absolute Gasteiger partial charge is 0.245 e. The van der Waals surface area contributed by atoms with Crippen molar-refractivity contribution in [1.82, 2.24) is 9.97 Å². The summed E-state index contributed by atoms with van der Waals surface area (Å²) in [5, 5.41) is 7.20. The van der Waals surface area contributed by atoms with Crippen LogP contribution in [0.1, 0.15) is 0 Å². The maximum absolute atomic E-state index is 5.32. The van der Waals surface area contributed by atoms with Crippen molar-refractivity contribution in [2.75, 3.05) is 0 Å². The van der Waals surface area contributed by atoms with Gasteiger partial charge in [-0.1, -0.05) is 164 Å². The quantitative estimate of drug-likeness (QED) is 0.176. The number of aromatic nitrogens is 2. The van der Waals surface area contributed by atoms with E-state index < -0.39 is 0 Å². The molecule has 11 rings (SSSR count). The lowest BCUT2D eigenvalue weighted by atomic mass is 9.90. The molecule has 0 saturated heterocycles. The molecule has 2 nitrogen and oxygen atoms in total. The third-order valence-electron chi connectivity index (χ3n) is 10.8. The van der Waals surface area contributed by atoms with Gasteiger partial charge in [0.1, 0.15) is 0 Å². The van der Waals surface area contributed by atoms with E-state index in [4.69, 9.17) is 9.97 Å². The van der Waals surface area contributed by atoms with Crippen molar-refractivity contribution in [3.8, 4) is 67.0 Å². The lowest BCUT2D eigenvalue weighted by molar-refractivity contribution is 1.37. The summed E-state index contributed by atoms with van der Waals surface area (Å²) in [7, 11) is 0. The van der Waals surface area contributed by atoms with Gasteiger partial charge in [0.2, 0.25) is 0 Å². The molecular formula is C50H30N2. The molecule has 0 radical (unpaired) electrons. The first-order chi connectivity index (χ1) is 25.8. The van der Waals surface area contributed by atoms with Crippen LogP contribution in [0.3, 0.4) is 0 Å². The number of fused-ring (bicyclic) bond motifs is 7. The van der Waals surface area contributed by atoms with Gasteiger partial charge in [-0.25, -0.2) is 9.97 Å². The van der Waals surface area contributed by atoms with Crippen LogP contribution in [-0.4, -0.2) is 9.97 Å². The van der Waals surface area contributed by atoms with E-state index in [1.54, 1.807) is 0 Å². The van der Waals surface area contributed by atoms with Gasteiger partial charge >= 0.3 is 0 Å². The van der Waals surface area contributed by atoms with Crippen molar-refractivity contribution < 1.29 is 0 Å². The summed E-state index contributed by atoms with van der Waals surface area (Å²) < 4.78 is 0. The predicted molar refractivity (Wildman–Crippen MR) is 218 cm³/mol. The van der Waals surface area contributed by atoms with Crippen LogP contribution in [0.5, 0.6) is 0 Å². The second kappa shape index (κ2) is 11.3. The molecule has 2 heteroatoms. The molecule has 0 bridgehead atoms. The zero-order valence-electron chi connectivity index (χ0n) is 28.2. The molecule has 0 unspecified atom stereocenters. The molecule has 8 aromatic carbocycles. The molecule has 1 aliphatic carbocycles. The fourth-order valence-electron chi connectivity index (χ4n) is 8.38. The maximum atomic E-state index is 5.32. The number of benzene rings is 8. The Morgan fingerprint density at radius 1 is 0.269 bits per heavy atom. The van der Waals surface area contributed by atoms with E-state index in [1.165, 1.54) is 66.1 Å². The van der Waals surface area contributed by atoms with E-state index in [9.17, 15) is 0 Å². The SMILES string of the molecule is c1ccc(-c2ccc3ccc4ccc(-c5ccc(-c6cccc(-c7ccc8c9c(cccc79)-c7ccccc7-8)c6)c6ccccc56)nc4c3n2)cc1. The van der Waals surface area contributed by atoms with Gasteiger partial charge in [-0.05, 0) is 84.3 Å². The Balaban J connectivity index is 1.04. The van der Waals surface area contributed by atoms with Crippen LogP contribution in [0, 0.1) is 0 Å². The van der Waals surface area contributed by atoms with Crippen LogP contribution in [0.25, 0.3) is 110 Å². The first-order valence-electron chi connectivity index (χ1n) is 17.8. The van der Waals surface area contributed by atoms with Crippen molar-refractivity contribution in [1.29, 1.82) is 0 Å². The molecule has 240 valence electrons. The topological polar surface area (TPSA) is 25.8 Å². The minimum atomic E-state index is 0.919. The standard InChI is InChI=1S/C50H30N2/c1-2-10-31(11-3-1)46-28-22-32-20-21-33-23-29-47(52-50(33)49(32)51-46)42-26-24-36(38-14-4-5-15-39(38)42)34-12-8-13-35(30-34)37-25-27-45-41-17-7-6-16-40(41)44-19-9-18-43(37)48(44)45/h1-30H. The van der Waals surface area contributed by atoms with Gasteiger partial charge in [-0.2, -0.15) is 0 Å². The molecule has 0 atom stereocenters. The highest BCUT2D eigenvalue weighted by atomic mass is 14.8. The van der Waals surface area contributed by atoms with Crippen LogP contribution >= 0.6 is 0 Å². The third kappa shape index (κ3) is 4.38. The Hall–Kier alpha value is -6.90. The Labute approximate surface area is 301 Å². The first-order valence-corrected chi connectivity index (χ1v) is 17.8. The van der Waals surface area contributed by atoms with Crippen molar-refractivity contribution in [2.24, 2.45) is 0 Å². The van der Waals surface area contributed by atoms with Crippen molar-refractivity contribution in [2.45, 2.75) is 0 Å². The Morgan fingerprint density at radius 2 is 0.731 bits per heavy atom. The average molecular weight is 659 g/mol. The average Bonchev–Trinajstić information content (AvgIpc) is 3.55. The number of rotatable bonds is 4. The summed E-state index contributed by atoms with van der Waals surface area (Å²) >= 11 is 0. The summed E-state index contributed by atoms with van der Waals surface area (Å²) in [5.74, 6) is 0. The Bertz CT molecular complexity index is 3040. The normalized spacial score (nSPS) is 11.8. The monoisotopic (exact) mass is 658 g/mol. The molecular weight excluding hydrogens is 629 g/mol. The Morgan fingerprint density at radius 3 is 1.46 bits per heavy atom. The smallest absolute Gasteiger partial charge is 0.0972 e. The van der Waals surface area contributed by atoms with Crippen LogP contribution in [-0.2, 0) is 0 Å². The molecule has 2 aromatic heterocycles. The van der Waals surface area contributed by atoms with Gasteiger partial charge in [-0.15, -0.1) is 0 Å². The Kier molecular flexibility index (Phi) is 6.28. The van der Waals surface area contributed by atoms with Crippen LogP contribution < -0.4 is 0 Å². The molecule has 52 heavy (non-hydrogen) atoms. The molecule has 0 amide bonds. The molecule has 2 heterocycles. The summed E-state index contributed by atoms with van der Waals surface area (Å²) in [6, 6.07) is 65.6. The van der Waals surface area contributed by atoms with Crippen molar-refractivity contribution >= 4 is 43.4 Å². The molecule has 0 fully saturated rings. The zero-order valence-corrected chi connectivity index (χ0v) is 28.2. The van der Waals surface area contributed by atoms with Gasteiger partial charge < -0.3 is 0 Å². The predicted octanol–water partition coefficient (Wildman–Crippen LogP) is 13.4. The van der Waals surface area contributed by atoms with E-state index in [0.29, 0.717) is 0 Å². The minimum absolute atomic E-state index is 0.919. The highest BCUT2D eigenvalue weighted by molar-refractivity contribution is 6.19. The summed E-state index contributed by atoms with van der Waals surface area (Å²) in [4.78, 5) is 10.5. The van der Waals surface area contributed by atoms with E-state index >= 15 is 0 Å². The van der Waals surface area contributed by atoms with E-state index in [1.807, 2.05) is 6.07 Å². The summed E-state index contributed by atoms with van der Waals surface area (Å²) in [6.45, 7) is 0. The van der Waals surface area contributed by atoms with Crippen molar-refractivity contribution in [3.05, 3.63) is 182 Å². The molecule has 10 aromatic rings. The highest BCUT2D eigenvalue weighted by Gasteiger charge is 2.22. The van der Waals surface area contributed by atoms with Gasteiger partial charge in [0.05, 0.1) is 22.4 Å². The van der Waals surface area contributed by atoms with Gasteiger partial charge in [0.15, 0.2) is 0 Å². The van der Waals surface area contributed by atoms with E-state index in [2.05, 4.69) is 176 Å². The second-order valence-corrected chi connectivity index (χ2v) is 13.7. The number of nitrogens with zero attached hydrogens (tertiary/aromatic N) is 2. The number of hydrogen-bond acceptors (Lipinski definition) is 2. The molecule has 0 N–H and O–H groups in total. The highest BCUT2D eigenvalue weighted by Crippen LogP contribution is 2.49. The van der Waals surface area contributed by atoms with Gasteiger partial charge in [0.25, 0.3) is 0 Å². The molecule has 1 aliphatic rings. The van der Waals surface area contributed by atoms with Crippen LogP contribution in [0.4, 0.5) is 0 Å². The number of hydrogen-bond donors (Lipinski definition) is 0. The van der Waals surface area contributed by atoms with Crippen molar-refractivity contribution in [3.63, 3.8) is 0 Å². The molecule has 0 aliphatic heterocycles. The third-order valence-corrected chi connectivity index (χ3v) is 10.8. The number of pyridine rings is 2. The summed E-state index contributed by atoms with van der Waals surface area (Å²) in [6.07, 6.45) is 0. The van der Waals surface area contributed by atoms with Gasteiger partial charge in [0, 0.05) is 21.9 Å². The second-order valence-electron chi connectivity index (χ2n) is 13.7. The van der Waals surface area contributed by atoms with E-state index in [0.717, 1.165) is 44.3 Å². The first kappa shape index (κ1) is 28.9. The molecule has 0 saturated carbocycles. The lowest BCUT2D eigenvalue weighted by Gasteiger charge is -2.14. The van der Waals surface area contributed by atoms with Crippen LogP contribution in [0.2, 0.25) is 0 Å². The summed E-state index contributed by atoms with van der Waals surface area (Å²) in [5.41, 5.74) is 16.1. The maximum Gasteiger partial charge on any atom is 0.0972 e. The fraction of sp³-hybridized carbons (Fsp3) is 0. The molecule has 0 spiro atoms.